The summed E-state index contributed by atoms with van der Waals surface area (Å²) < 4.78 is 12.9. The molecule has 2 aromatic rings. The van der Waals surface area contributed by atoms with Gasteiger partial charge in [-0.15, -0.1) is 0 Å². The summed E-state index contributed by atoms with van der Waals surface area (Å²) in [6.07, 6.45) is 0. The van der Waals surface area contributed by atoms with E-state index in [1.165, 1.54) is 24.5 Å². The first-order chi connectivity index (χ1) is 11.4. The summed E-state index contributed by atoms with van der Waals surface area (Å²) in [6.45, 7) is 1.54. The Morgan fingerprint density at radius 1 is 1.04 bits per heavy atom. The molecule has 0 aliphatic heterocycles. The molecule has 126 valence electrons. The minimum atomic E-state index is -1.06. The van der Waals surface area contributed by atoms with E-state index in [1.54, 1.807) is 36.4 Å². The van der Waals surface area contributed by atoms with Gasteiger partial charge >= 0.3 is 0 Å². The molecule has 0 heterocycles. The summed E-state index contributed by atoms with van der Waals surface area (Å²) in [5.41, 5.74) is 9.08. The predicted molar refractivity (Wildman–Crippen MR) is 86.7 cm³/mol. The second-order valence-corrected chi connectivity index (χ2v) is 5.37. The van der Waals surface area contributed by atoms with Crippen molar-refractivity contribution in [1.29, 1.82) is 0 Å². The van der Waals surface area contributed by atoms with Crippen molar-refractivity contribution in [3.05, 3.63) is 59.9 Å². The topological polar surface area (TPSA) is 104 Å². The summed E-state index contributed by atoms with van der Waals surface area (Å²) in [5, 5.41) is 11.2. The Labute approximate surface area is 138 Å². The van der Waals surface area contributed by atoms with Gasteiger partial charge in [0.15, 0.2) is 0 Å². The number of carbonyl (C=O) groups is 2. The molecule has 0 saturated carbocycles. The third-order valence-corrected chi connectivity index (χ3v) is 3.53. The van der Waals surface area contributed by atoms with E-state index < -0.39 is 23.9 Å². The fourth-order valence-corrected chi connectivity index (χ4v) is 2.19. The molecule has 24 heavy (non-hydrogen) atoms. The van der Waals surface area contributed by atoms with Gasteiger partial charge in [0.1, 0.15) is 11.9 Å². The minimum Gasteiger partial charge on any atom is -0.339 e. The van der Waals surface area contributed by atoms with Gasteiger partial charge in [-0.25, -0.2) is 9.87 Å². The number of hydroxylamine groups is 1. The second-order valence-electron chi connectivity index (χ2n) is 5.37. The Hall–Kier alpha value is -2.77. The normalized spacial score (nSPS) is 13.0. The number of amides is 2. The minimum absolute atomic E-state index is 0.321. The number of halogens is 1. The number of benzene rings is 2. The van der Waals surface area contributed by atoms with E-state index in [-0.39, 0.29) is 5.82 Å². The molecule has 2 amide bonds. The van der Waals surface area contributed by atoms with E-state index in [0.29, 0.717) is 5.56 Å². The highest BCUT2D eigenvalue weighted by molar-refractivity contribution is 5.98. The second kappa shape index (κ2) is 7.67. The van der Waals surface area contributed by atoms with E-state index >= 15 is 0 Å². The molecule has 0 unspecified atom stereocenters. The van der Waals surface area contributed by atoms with E-state index in [0.717, 1.165) is 11.1 Å². The zero-order valence-corrected chi connectivity index (χ0v) is 13.0. The molecule has 2 atom stereocenters. The number of nitrogens with one attached hydrogen (secondary N) is 2. The van der Waals surface area contributed by atoms with Crippen molar-refractivity contribution in [3.8, 4) is 11.1 Å². The maximum absolute atomic E-state index is 12.9. The standard InChI is InChI=1S/C17H18FN3O3/c1-10(19)15(17(23)21-24)20-16(22)13-4-2-11(3-5-13)12-6-8-14(18)9-7-12/h2-10,15,24H,19H2,1H3,(H,20,22)(H,21,23)/t10-,15+/m1/s1. The molecule has 0 saturated heterocycles. The molecule has 2 aromatic carbocycles. The van der Waals surface area contributed by atoms with Gasteiger partial charge < -0.3 is 11.1 Å². The maximum Gasteiger partial charge on any atom is 0.267 e. The fourth-order valence-electron chi connectivity index (χ4n) is 2.19. The Morgan fingerprint density at radius 3 is 2.00 bits per heavy atom. The number of carbonyl (C=O) groups excluding carboxylic acids is 2. The molecule has 2 rings (SSSR count). The lowest BCUT2D eigenvalue weighted by Gasteiger charge is -2.20. The van der Waals surface area contributed by atoms with Crippen LogP contribution in [0.25, 0.3) is 11.1 Å². The van der Waals surface area contributed by atoms with Crippen molar-refractivity contribution in [2.75, 3.05) is 0 Å². The highest BCUT2D eigenvalue weighted by Crippen LogP contribution is 2.20. The SMILES string of the molecule is C[C@@H](N)[C@H](NC(=O)c1ccc(-c2ccc(F)cc2)cc1)C(=O)NO. The van der Waals surface area contributed by atoms with Gasteiger partial charge in [0, 0.05) is 11.6 Å². The first kappa shape index (κ1) is 17.6. The first-order valence-corrected chi connectivity index (χ1v) is 7.28. The average molecular weight is 331 g/mol. The highest BCUT2D eigenvalue weighted by Gasteiger charge is 2.24. The molecular formula is C17H18FN3O3. The highest BCUT2D eigenvalue weighted by atomic mass is 19.1. The monoisotopic (exact) mass is 331 g/mol. The summed E-state index contributed by atoms with van der Waals surface area (Å²) in [4.78, 5) is 23.7. The van der Waals surface area contributed by atoms with Crippen molar-refractivity contribution >= 4 is 11.8 Å². The molecule has 5 N–H and O–H groups in total. The molecule has 7 heteroatoms. The Bertz CT molecular complexity index is 715. The summed E-state index contributed by atoms with van der Waals surface area (Å²) in [7, 11) is 0. The lowest BCUT2D eigenvalue weighted by Crippen LogP contribution is -2.54. The van der Waals surface area contributed by atoms with Crippen LogP contribution >= 0.6 is 0 Å². The van der Waals surface area contributed by atoms with Crippen LogP contribution in [-0.2, 0) is 4.79 Å². The average Bonchev–Trinajstić information content (AvgIpc) is 2.59. The molecular weight excluding hydrogens is 313 g/mol. The van der Waals surface area contributed by atoms with Crippen LogP contribution in [0, 0.1) is 5.82 Å². The van der Waals surface area contributed by atoms with Gasteiger partial charge in [-0.1, -0.05) is 24.3 Å². The van der Waals surface area contributed by atoms with Crippen molar-refractivity contribution in [2.24, 2.45) is 5.73 Å². The zero-order valence-electron chi connectivity index (χ0n) is 13.0. The van der Waals surface area contributed by atoms with Crippen LogP contribution in [0.2, 0.25) is 0 Å². The Balaban J connectivity index is 2.13. The van der Waals surface area contributed by atoms with Crippen molar-refractivity contribution in [2.45, 2.75) is 19.0 Å². The van der Waals surface area contributed by atoms with Crippen LogP contribution in [0.5, 0.6) is 0 Å². The first-order valence-electron chi connectivity index (χ1n) is 7.28. The van der Waals surface area contributed by atoms with Gasteiger partial charge in [0.2, 0.25) is 0 Å². The third kappa shape index (κ3) is 4.15. The molecule has 0 radical (unpaired) electrons. The maximum atomic E-state index is 12.9. The predicted octanol–water partition coefficient (Wildman–Crippen LogP) is 1.44. The number of nitrogens with two attached hydrogens (primary N) is 1. The van der Waals surface area contributed by atoms with Gasteiger partial charge in [0.25, 0.3) is 11.8 Å². The Kier molecular flexibility index (Phi) is 5.62. The summed E-state index contributed by atoms with van der Waals surface area (Å²) in [5.74, 6) is -1.60. The molecule has 0 bridgehead atoms. The van der Waals surface area contributed by atoms with Gasteiger partial charge in [0.05, 0.1) is 0 Å². The van der Waals surface area contributed by atoms with Crippen LogP contribution < -0.4 is 16.5 Å². The molecule has 0 fully saturated rings. The van der Waals surface area contributed by atoms with Gasteiger partial charge in [-0.05, 0) is 42.3 Å². The van der Waals surface area contributed by atoms with E-state index in [1.807, 2.05) is 0 Å². The van der Waals surface area contributed by atoms with Crippen molar-refractivity contribution in [1.82, 2.24) is 10.8 Å². The van der Waals surface area contributed by atoms with Crippen molar-refractivity contribution < 1.29 is 19.2 Å². The number of hydrogen-bond acceptors (Lipinski definition) is 4. The van der Waals surface area contributed by atoms with Crippen LogP contribution in [0.15, 0.2) is 48.5 Å². The number of rotatable bonds is 5. The molecule has 0 aromatic heterocycles. The van der Waals surface area contributed by atoms with E-state index in [4.69, 9.17) is 10.9 Å². The third-order valence-electron chi connectivity index (χ3n) is 3.53. The van der Waals surface area contributed by atoms with Crippen LogP contribution in [0.4, 0.5) is 4.39 Å². The Morgan fingerprint density at radius 2 is 1.54 bits per heavy atom. The summed E-state index contributed by atoms with van der Waals surface area (Å²) in [6, 6.07) is 10.9. The lowest BCUT2D eigenvalue weighted by molar-refractivity contribution is -0.131. The van der Waals surface area contributed by atoms with Gasteiger partial charge in [-0.2, -0.15) is 0 Å². The van der Waals surface area contributed by atoms with E-state index in [9.17, 15) is 14.0 Å². The molecule has 0 aliphatic carbocycles. The van der Waals surface area contributed by atoms with Gasteiger partial charge in [-0.3, -0.25) is 14.8 Å². The molecule has 0 aliphatic rings. The molecule has 0 spiro atoms. The van der Waals surface area contributed by atoms with Crippen LogP contribution in [0.1, 0.15) is 17.3 Å². The quantitative estimate of drug-likeness (QED) is 0.491. The fraction of sp³-hybridized carbons (Fsp3) is 0.176. The zero-order chi connectivity index (χ0) is 17.7. The number of hydrogen-bond donors (Lipinski definition) is 4. The van der Waals surface area contributed by atoms with Crippen LogP contribution in [0.3, 0.4) is 0 Å². The van der Waals surface area contributed by atoms with Crippen LogP contribution in [-0.4, -0.2) is 29.1 Å². The van der Waals surface area contributed by atoms with Crippen molar-refractivity contribution in [3.63, 3.8) is 0 Å². The lowest BCUT2D eigenvalue weighted by atomic mass is 10.0. The molecule has 6 nitrogen and oxygen atoms in total. The van der Waals surface area contributed by atoms with E-state index in [2.05, 4.69) is 5.32 Å². The summed E-state index contributed by atoms with van der Waals surface area (Å²) >= 11 is 0. The largest absolute Gasteiger partial charge is 0.339 e. The smallest absolute Gasteiger partial charge is 0.267 e.